The van der Waals surface area contributed by atoms with Crippen molar-refractivity contribution in [2.45, 2.75) is 12.6 Å². The van der Waals surface area contributed by atoms with Gasteiger partial charge in [0.2, 0.25) is 0 Å². The predicted octanol–water partition coefficient (Wildman–Crippen LogP) is 4.47. The molecule has 3 aromatic carbocycles. The second kappa shape index (κ2) is 9.99. The molecule has 6 nitrogen and oxygen atoms in total. The molecule has 0 amide bonds. The van der Waals surface area contributed by atoms with Crippen LogP contribution in [0.25, 0.3) is 0 Å². The first-order valence-corrected chi connectivity index (χ1v) is 9.33. The molecule has 3 aromatic rings. The molecule has 1 unspecified atom stereocenters. The fourth-order valence-corrected chi connectivity index (χ4v) is 2.91. The highest BCUT2D eigenvalue weighted by Crippen LogP contribution is 2.30. The zero-order chi connectivity index (χ0) is 21.3. The van der Waals surface area contributed by atoms with Crippen LogP contribution in [0.5, 0.6) is 11.5 Å². The van der Waals surface area contributed by atoms with Crippen molar-refractivity contribution in [2.24, 2.45) is 0 Å². The predicted molar refractivity (Wildman–Crippen MR) is 113 cm³/mol. The second-order valence-electron chi connectivity index (χ2n) is 6.51. The van der Waals surface area contributed by atoms with Crippen molar-refractivity contribution >= 4 is 11.7 Å². The summed E-state index contributed by atoms with van der Waals surface area (Å²) in [6, 6.07) is 23.2. The number of nitriles is 1. The maximum absolute atomic E-state index is 12.5. The number of hydrogen-bond acceptors (Lipinski definition) is 6. The van der Waals surface area contributed by atoms with Crippen LogP contribution in [0, 0.1) is 11.3 Å². The smallest absolute Gasteiger partial charge is 0.332 e. The Labute approximate surface area is 175 Å². The molecule has 3 rings (SSSR count). The fourth-order valence-electron chi connectivity index (χ4n) is 2.91. The summed E-state index contributed by atoms with van der Waals surface area (Å²) < 4.78 is 16.3. The van der Waals surface area contributed by atoms with E-state index in [1.54, 1.807) is 49.6 Å². The molecule has 0 heterocycles. The van der Waals surface area contributed by atoms with E-state index in [-0.39, 0.29) is 0 Å². The molecule has 0 saturated carbocycles. The van der Waals surface area contributed by atoms with Crippen molar-refractivity contribution in [1.82, 2.24) is 0 Å². The van der Waals surface area contributed by atoms with Gasteiger partial charge >= 0.3 is 5.97 Å². The van der Waals surface area contributed by atoms with Gasteiger partial charge in [-0.05, 0) is 47.5 Å². The lowest BCUT2D eigenvalue weighted by Gasteiger charge is -2.20. The molecular weight excluding hydrogens is 380 g/mol. The van der Waals surface area contributed by atoms with E-state index >= 15 is 0 Å². The third-order valence-corrected chi connectivity index (χ3v) is 4.48. The number of rotatable bonds is 8. The summed E-state index contributed by atoms with van der Waals surface area (Å²) in [4.78, 5) is 12.5. The van der Waals surface area contributed by atoms with Crippen molar-refractivity contribution in [3.8, 4) is 17.6 Å². The second-order valence-corrected chi connectivity index (χ2v) is 6.51. The highest BCUT2D eigenvalue weighted by molar-refractivity contribution is 5.81. The number of ether oxygens (including phenoxy) is 3. The highest BCUT2D eigenvalue weighted by atomic mass is 16.5. The first-order chi connectivity index (χ1) is 14.6. The van der Waals surface area contributed by atoms with Gasteiger partial charge in [0.15, 0.2) is 6.04 Å². The van der Waals surface area contributed by atoms with Gasteiger partial charge < -0.3 is 19.5 Å². The number of methoxy groups -OCH3 is 2. The number of carbonyl (C=O) groups excluding carboxylic acids is 1. The topological polar surface area (TPSA) is 80.6 Å². The number of benzene rings is 3. The summed E-state index contributed by atoms with van der Waals surface area (Å²) in [5, 5.41) is 12.1. The highest BCUT2D eigenvalue weighted by Gasteiger charge is 2.23. The van der Waals surface area contributed by atoms with E-state index in [0.29, 0.717) is 34.9 Å². The third-order valence-electron chi connectivity index (χ3n) is 4.48. The van der Waals surface area contributed by atoms with E-state index in [4.69, 9.17) is 19.5 Å². The number of nitrogens with zero attached hydrogens (tertiary/aromatic N) is 1. The Morgan fingerprint density at radius 3 is 2.33 bits per heavy atom. The molecule has 0 aliphatic carbocycles. The molecule has 0 aromatic heterocycles. The monoisotopic (exact) mass is 402 g/mol. The molecule has 152 valence electrons. The van der Waals surface area contributed by atoms with Gasteiger partial charge in [-0.25, -0.2) is 4.79 Å². The number of esters is 1. The molecule has 0 bridgehead atoms. The molecule has 6 heteroatoms. The van der Waals surface area contributed by atoms with Gasteiger partial charge in [-0.15, -0.1) is 0 Å². The van der Waals surface area contributed by atoms with Crippen LogP contribution in [0.2, 0.25) is 0 Å². The molecule has 1 atom stereocenters. The zero-order valence-corrected chi connectivity index (χ0v) is 16.8. The fraction of sp³-hybridized carbons (Fsp3) is 0.167. The van der Waals surface area contributed by atoms with Gasteiger partial charge in [0, 0.05) is 11.8 Å². The molecule has 1 N–H and O–H groups in total. The lowest BCUT2D eigenvalue weighted by molar-refractivity contribution is -0.141. The number of hydrogen-bond donors (Lipinski definition) is 1. The molecule has 0 saturated heterocycles. The van der Waals surface area contributed by atoms with Crippen molar-refractivity contribution in [2.75, 3.05) is 19.5 Å². The maximum Gasteiger partial charge on any atom is 0.332 e. The summed E-state index contributed by atoms with van der Waals surface area (Å²) in [7, 11) is 2.89. The standard InChI is InChI=1S/C24H22N2O4/c1-28-21-12-19(13-22(14-21)30-16-18-6-4-3-5-7-18)23(24(27)29-2)26-20-10-8-17(15-25)9-11-20/h3-14,23,26H,16H2,1-2H3. The first-order valence-electron chi connectivity index (χ1n) is 9.33. The van der Waals surface area contributed by atoms with Crippen LogP contribution in [0.15, 0.2) is 72.8 Å². The average Bonchev–Trinajstić information content (AvgIpc) is 2.81. The van der Waals surface area contributed by atoms with Crippen molar-refractivity contribution in [1.29, 1.82) is 5.26 Å². The quantitative estimate of drug-likeness (QED) is 0.560. The number of nitrogens with one attached hydrogen (secondary N) is 1. The molecule has 0 aliphatic heterocycles. The van der Waals surface area contributed by atoms with Crippen molar-refractivity contribution < 1.29 is 19.0 Å². The maximum atomic E-state index is 12.5. The summed E-state index contributed by atoms with van der Waals surface area (Å²) in [5.74, 6) is 0.677. The van der Waals surface area contributed by atoms with Crippen molar-refractivity contribution in [3.05, 3.63) is 89.5 Å². The van der Waals surface area contributed by atoms with E-state index in [2.05, 4.69) is 11.4 Å². The molecule has 0 aliphatic rings. The largest absolute Gasteiger partial charge is 0.497 e. The Morgan fingerprint density at radius 1 is 1.00 bits per heavy atom. The lowest BCUT2D eigenvalue weighted by Crippen LogP contribution is -2.22. The third kappa shape index (κ3) is 5.30. The van der Waals surface area contributed by atoms with E-state index in [0.717, 1.165) is 5.56 Å². The van der Waals surface area contributed by atoms with Crippen LogP contribution in [0.3, 0.4) is 0 Å². The van der Waals surface area contributed by atoms with E-state index in [9.17, 15) is 4.79 Å². The summed E-state index contributed by atoms with van der Waals surface area (Å²) in [6.45, 7) is 0.388. The van der Waals surface area contributed by atoms with Gasteiger partial charge in [0.1, 0.15) is 18.1 Å². The van der Waals surface area contributed by atoms with Crippen LogP contribution >= 0.6 is 0 Å². The summed E-state index contributed by atoms with van der Waals surface area (Å²) in [6.07, 6.45) is 0. The SMILES string of the molecule is COC(=O)C(Nc1ccc(C#N)cc1)c1cc(OC)cc(OCc2ccccc2)c1. The normalized spacial score (nSPS) is 11.1. The minimum atomic E-state index is -0.780. The first kappa shape index (κ1) is 20.7. The minimum Gasteiger partial charge on any atom is -0.497 e. The van der Waals surface area contributed by atoms with E-state index < -0.39 is 12.0 Å². The number of anilines is 1. The Morgan fingerprint density at radius 2 is 1.70 bits per heavy atom. The van der Waals surface area contributed by atoms with Gasteiger partial charge in [0.05, 0.1) is 25.9 Å². The van der Waals surface area contributed by atoms with Crippen LogP contribution in [-0.2, 0) is 16.1 Å². The zero-order valence-electron chi connectivity index (χ0n) is 16.8. The van der Waals surface area contributed by atoms with Crippen LogP contribution in [-0.4, -0.2) is 20.2 Å². The Hall–Kier alpha value is -3.98. The molecule has 0 fully saturated rings. The Balaban J connectivity index is 1.87. The van der Waals surface area contributed by atoms with E-state index in [1.165, 1.54) is 7.11 Å². The van der Waals surface area contributed by atoms with Gasteiger partial charge in [-0.2, -0.15) is 5.26 Å². The number of carbonyl (C=O) groups is 1. The lowest BCUT2D eigenvalue weighted by atomic mass is 10.1. The van der Waals surface area contributed by atoms with Crippen LogP contribution in [0.4, 0.5) is 5.69 Å². The molecule has 30 heavy (non-hydrogen) atoms. The molecular formula is C24H22N2O4. The van der Waals surface area contributed by atoms with Crippen LogP contribution in [0.1, 0.15) is 22.7 Å². The average molecular weight is 402 g/mol. The van der Waals surface area contributed by atoms with E-state index in [1.807, 2.05) is 30.3 Å². The Bertz CT molecular complexity index is 1030. The minimum absolute atomic E-state index is 0.388. The van der Waals surface area contributed by atoms with Gasteiger partial charge in [0.25, 0.3) is 0 Å². The Kier molecular flexibility index (Phi) is 6.91. The molecule has 0 spiro atoms. The summed E-state index contributed by atoms with van der Waals surface area (Å²) >= 11 is 0. The van der Waals surface area contributed by atoms with Gasteiger partial charge in [-0.3, -0.25) is 0 Å². The van der Waals surface area contributed by atoms with Crippen molar-refractivity contribution in [3.63, 3.8) is 0 Å². The molecule has 0 radical (unpaired) electrons. The summed E-state index contributed by atoms with van der Waals surface area (Å²) in [5.41, 5.74) is 2.88. The van der Waals surface area contributed by atoms with Crippen LogP contribution < -0.4 is 14.8 Å². The van der Waals surface area contributed by atoms with Gasteiger partial charge in [-0.1, -0.05) is 30.3 Å².